The van der Waals surface area contributed by atoms with Crippen molar-refractivity contribution >= 4 is 5.95 Å². The van der Waals surface area contributed by atoms with Gasteiger partial charge < -0.3 is 10.5 Å². The van der Waals surface area contributed by atoms with E-state index in [4.69, 9.17) is 10.5 Å². The van der Waals surface area contributed by atoms with E-state index in [0.29, 0.717) is 12.6 Å². The number of rotatable bonds is 3. The van der Waals surface area contributed by atoms with Crippen molar-refractivity contribution in [3.63, 3.8) is 0 Å². The lowest BCUT2D eigenvalue weighted by atomic mass is 9.92. The van der Waals surface area contributed by atoms with Gasteiger partial charge >= 0.3 is 0 Å². The molecule has 0 spiro atoms. The zero-order chi connectivity index (χ0) is 14.3. The van der Waals surface area contributed by atoms with Crippen LogP contribution < -0.4 is 5.73 Å². The van der Waals surface area contributed by atoms with Crippen molar-refractivity contribution in [2.75, 3.05) is 12.3 Å². The molecule has 1 unspecified atom stereocenters. The molecule has 0 saturated heterocycles. The molecule has 0 aliphatic heterocycles. The fourth-order valence-electron chi connectivity index (χ4n) is 2.68. The summed E-state index contributed by atoms with van der Waals surface area (Å²) in [4.78, 5) is 8.52. The Balaban J connectivity index is 2.20. The highest BCUT2D eigenvalue weighted by atomic mass is 16.5. The first kappa shape index (κ1) is 13.1. The quantitative estimate of drug-likeness (QED) is 0.926. The molecular formula is C14H19N5O. The normalized spacial score (nSPS) is 17.1. The summed E-state index contributed by atoms with van der Waals surface area (Å²) in [7, 11) is 0. The standard InChI is InChI=1S/C14H19N5O/c1-4-20-11-5-9-6-16-14(15)18-12(9)13-10(11)7-17-19(13)8(2)3/h6-8,11H,4-5H2,1-3H3,(H2,15,16,18). The summed E-state index contributed by atoms with van der Waals surface area (Å²) < 4.78 is 7.83. The minimum atomic E-state index is 0.0159. The number of nitrogens with zero attached hydrogens (tertiary/aromatic N) is 4. The molecule has 0 amide bonds. The SMILES string of the molecule is CCOC1Cc2cnc(N)nc2-c2c1cnn2C(C)C. The van der Waals surface area contributed by atoms with Gasteiger partial charge in [-0.3, -0.25) is 4.68 Å². The minimum Gasteiger partial charge on any atom is -0.373 e. The van der Waals surface area contributed by atoms with Gasteiger partial charge in [-0.2, -0.15) is 5.10 Å². The Kier molecular flexibility index (Phi) is 3.17. The van der Waals surface area contributed by atoms with Gasteiger partial charge in [0.15, 0.2) is 0 Å². The lowest BCUT2D eigenvalue weighted by Gasteiger charge is -2.25. The van der Waals surface area contributed by atoms with Gasteiger partial charge in [0, 0.05) is 36.4 Å². The minimum absolute atomic E-state index is 0.0159. The molecule has 1 aliphatic carbocycles. The van der Waals surface area contributed by atoms with Crippen LogP contribution in [0.2, 0.25) is 0 Å². The average Bonchev–Trinajstić information content (AvgIpc) is 2.85. The van der Waals surface area contributed by atoms with Crippen molar-refractivity contribution in [2.45, 2.75) is 39.3 Å². The monoisotopic (exact) mass is 273 g/mol. The fraction of sp³-hybridized carbons (Fsp3) is 0.500. The molecule has 0 saturated carbocycles. The molecule has 0 aromatic carbocycles. The van der Waals surface area contributed by atoms with Crippen molar-refractivity contribution in [1.82, 2.24) is 19.7 Å². The molecular weight excluding hydrogens is 254 g/mol. The predicted octanol–water partition coefficient (Wildman–Crippen LogP) is 2.14. The van der Waals surface area contributed by atoms with E-state index in [9.17, 15) is 0 Å². The van der Waals surface area contributed by atoms with E-state index < -0.39 is 0 Å². The largest absolute Gasteiger partial charge is 0.373 e. The number of fused-ring (bicyclic) bond motifs is 3. The van der Waals surface area contributed by atoms with Gasteiger partial charge in [-0.15, -0.1) is 0 Å². The van der Waals surface area contributed by atoms with Crippen molar-refractivity contribution in [2.24, 2.45) is 0 Å². The maximum atomic E-state index is 5.85. The second-order valence-electron chi connectivity index (χ2n) is 5.24. The summed E-state index contributed by atoms with van der Waals surface area (Å²) in [5, 5.41) is 4.49. The first-order valence-electron chi connectivity index (χ1n) is 6.92. The third-order valence-electron chi connectivity index (χ3n) is 3.54. The molecule has 3 rings (SSSR count). The van der Waals surface area contributed by atoms with E-state index in [0.717, 1.165) is 28.9 Å². The number of ether oxygens (including phenoxy) is 1. The molecule has 6 nitrogen and oxygen atoms in total. The van der Waals surface area contributed by atoms with E-state index in [1.165, 1.54) is 0 Å². The smallest absolute Gasteiger partial charge is 0.220 e. The summed E-state index contributed by atoms with van der Waals surface area (Å²) in [5.74, 6) is 0.293. The van der Waals surface area contributed by atoms with Gasteiger partial charge in [-0.25, -0.2) is 9.97 Å². The van der Waals surface area contributed by atoms with Gasteiger partial charge in [-0.1, -0.05) is 0 Å². The van der Waals surface area contributed by atoms with Crippen LogP contribution in [0.3, 0.4) is 0 Å². The molecule has 0 bridgehead atoms. The van der Waals surface area contributed by atoms with Gasteiger partial charge in [0.1, 0.15) is 0 Å². The number of aromatic nitrogens is 4. The topological polar surface area (TPSA) is 78.8 Å². The zero-order valence-electron chi connectivity index (χ0n) is 12.0. The van der Waals surface area contributed by atoms with Gasteiger partial charge in [-0.05, 0) is 20.8 Å². The second-order valence-corrected chi connectivity index (χ2v) is 5.24. The Morgan fingerprint density at radius 2 is 2.25 bits per heavy atom. The third-order valence-corrected chi connectivity index (χ3v) is 3.54. The lowest BCUT2D eigenvalue weighted by Crippen LogP contribution is -2.18. The highest BCUT2D eigenvalue weighted by molar-refractivity contribution is 5.67. The van der Waals surface area contributed by atoms with Crippen molar-refractivity contribution in [1.29, 1.82) is 0 Å². The third kappa shape index (κ3) is 1.96. The molecule has 0 radical (unpaired) electrons. The molecule has 2 aromatic rings. The Bertz CT molecular complexity index is 634. The fourth-order valence-corrected chi connectivity index (χ4v) is 2.68. The Morgan fingerprint density at radius 3 is 2.95 bits per heavy atom. The van der Waals surface area contributed by atoms with E-state index in [1.54, 1.807) is 6.20 Å². The summed E-state index contributed by atoms with van der Waals surface area (Å²) in [6, 6.07) is 0.253. The average molecular weight is 273 g/mol. The molecule has 2 N–H and O–H groups in total. The summed E-state index contributed by atoms with van der Waals surface area (Å²) in [6.45, 7) is 6.87. The highest BCUT2D eigenvalue weighted by Crippen LogP contribution is 2.40. The van der Waals surface area contributed by atoms with Crippen LogP contribution in [-0.2, 0) is 11.2 Å². The summed E-state index contributed by atoms with van der Waals surface area (Å²) in [6.07, 6.45) is 4.46. The number of nitrogen functional groups attached to an aromatic ring is 1. The Morgan fingerprint density at radius 1 is 1.45 bits per heavy atom. The van der Waals surface area contributed by atoms with E-state index in [-0.39, 0.29) is 12.1 Å². The molecule has 20 heavy (non-hydrogen) atoms. The lowest BCUT2D eigenvalue weighted by molar-refractivity contribution is 0.0618. The zero-order valence-corrected chi connectivity index (χ0v) is 12.0. The van der Waals surface area contributed by atoms with Gasteiger partial charge in [0.25, 0.3) is 0 Å². The summed E-state index contributed by atoms with van der Waals surface area (Å²) in [5.41, 5.74) is 9.79. The Labute approximate surface area is 118 Å². The van der Waals surface area contributed by atoms with Crippen LogP contribution >= 0.6 is 0 Å². The van der Waals surface area contributed by atoms with Crippen LogP contribution in [0.25, 0.3) is 11.4 Å². The number of anilines is 1. The van der Waals surface area contributed by atoms with E-state index in [2.05, 4.69) is 28.9 Å². The van der Waals surface area contributed by atoms with Crippen LogP contribution in [0.4, 0.5) is 5.95 Å². The maximum Gasteiger partial charge on any atom is 0.220 e. The molecule has 1 atom stereocenters. The highest BCUT2D eigenvalue weighted by Gasteiger charge is 2.31. The van der Waals surface area contributed by atoms with E-state index in [1.807, 2.05) is 17.8 Å². The van der Waals surface area contributed by atoms with Crippen LogP contribution in [0.15, 0.2) is 12.4 Å². The molecule has 2 aromatic heterocycles. The van der Waals surface area contributed by atoms with Crippen LogP contribution in [0, 0.1) is 0 Å². The molecule has 2 heterocycles. The molecule has 106 valence electrons. The van der Waals surface area contributed by atoms with Crippen molar-refractivity contribution in [3.05, 3.63) is 23.5 Å². The first-order chi connectivity index (χ1) is 9.61. The first-order valence-corrected chi connectivity index (χ1v) is 6.92. The van der Waals surface area contributed by atoms with Crippen LogP contribution in [0.1, 0.15) is 44.0 Å². The molecule has 1 aliphatic rings. The maximum absolute atomic E-state index is 5.85. The summed E-state index contributed by atoms with van der Waals surface area (Å²) >= 11 is 0. The molecule has 6 heteroatoms. The number of hydrogen-bond acceptors (Lipinski definition) is 5. The Hall–Kier alpha value is -1.95. The van der Waals surface area contributed by atoms with E-state index >= 15 is 0 Å². The van der Waals surface area contributed by atoms with Crippen LogP contribution in [-0.4, -0.2) is 26.4 Å². The number of hydrogen-bond donors (Lipinski definition) is 1. The van der Waals surface area contributed by atoms with Crippen molar-refractivity contribution in [3.8, 4) is 11.4 Å². The second kappa shape index (κ2) is 4.86. The van der Waals surface area contributed by atoms with Crippen molar-refractivity contribution < 1.29 is 4.74 Å². The van der Waals surface area contributed by atoms with Gasteiger partial charge in [0.05, 0.1) is 23.7 Å². The number of nitrogens with two attached hydrogens (primary N) is 1. The van der Waals surface area contributed by atoms with Gasteiger partial charge in [0.2, 0.25) is 5.95 Å². The predicted molar refractivity (Wildman–Crippen MR) is 76.1 cm³/mol. The van der Waals surface area contributed by atoms with Crippen LogP contribution in [0.5, 0.6) is 0 Å². The molecule has 0 fully saturated rings.